The van der Waals surface area contributed by atoms with Gasteiger partial charge in [0.15, 0.2) is 0 Å². The lowest BCUT2D eigenvalue weighted by atomic mass is 10.3. The fourth-order valence-electron chi connectivity index (χ4n) is 1.72. The topological polar surface area (TPSA) is 67.8 Å². The maximum atomic E-state index is 12.6. The average molecular weight is 466 g/mol. The van der Waals surface area contributed by atoms with Crippen molar-refractivity contribution in [2.75, 3.05) is 0 Å². The van der Waals surface area contributed by atoms with Crippen molar-refractivity contribution in [1.29, 1.82) is 5.26 Å². The Morgan fingerprint density at radius 1 is 1.08 bits per heavy atom. The van der Waals surface area contributed by atoms with E-state index in [4.69, 9.17) is 74.9 Å². The van der Waals surface area contributed by atoms with Gasteiger partial charge in [0.1, 0.15) is 11.6 Å². The summed E-state index contributed by atoms with van der Waals surface area (Å²) in [7, 11) is 0. The minimum absolute atomic E-state index is 0.0302. The van der Waals surface area contributed by atoms with Crippen LogP contribution in [0.1, 0.15) is 5.56 Å². The Morgan fingerprint density at radius 3 is 2.08 bits per heavy atom. The fourth-order valence-corrected chi connectivity index (χ4v) is 3.89. The van der Waals surface area contributed by atoms with Crippen LogP contribution in [-0.2, 0) is 0 Å². The van der Waals surface area contributed by atoms with E-state index in [1.807, 2.05) is 0 Å². The first-order chi connectivity index (χ1) is 11.0. The lowest BCUT2D eigenvalue weighted by Gasteiger charge is -2.15. The van der Waals surface area contributed by atoms with Gasteiger partial charge in [0, 0.05) is 23.2 Å². The van der Waals surface area contributed by atoms with Crippen molar-refractivity contribution in [1.82, 2.24) is 8.54 Å². The molecule has 12 heteroatoms. The highest BCUT2D eigenvalue weighted by molar-refractivity contribution is 8.03. The summed E-state index contributed by atoms with van der Waals surface area (Å²) in [4.78, 5) is 24.7. The maximum absolute atomic E-state index is 12.6. The summed E-state index contributed by atoms with van der Waals surface area (Å²) < 4.78 is -0.570. The number of aromatic nitrogens is 2. The van der Waals surface area contributed by atoms with E-state index >= 15 is 0 Å². The molecule has 0 aliphatic heterocycles. The minimum Gasteiger partial charge on any atom is -0.267 e. The predicted octanol–water partition coefficient (Wildman–Crippen LogP) is 4.66. The summed E-state index contributed by atoms with van der Waals surface area (Å²) in [5.41, 5.74) is -2.20. The molecule has 0 bridgehead atoms. The summed E-state index contributed by atoms with van der Waals surface area (Å²) in [6, 6.07) is 4.36. The Labute approximate surface area is 169 Å². The number of alkyl halides is 3. The van der Waals surface area contributed by atoms with Gasteiger partial charge in [-0.2, -0.15) is 9.23 Å². The van der Waals surface area contributed by atoms with E-state index in [0.29, 0.717) is 15.9 Å². The molecule has 0 saturated heterocycles. The molecular formula is C12H3Cl6N3O2S. The van der Waals surface area contributed by atoms with Crippen molar-refractivity contribution in [3.8, 4) is 11.8 Å². The van der Waals surface area contributed by atoms with Gasteiger partial charge in [0.25, 0.3) is 8.68 Å². The van der Waals surface area contributed by atoms with E-state index in [1.54, 1.807) is 6.07 Å². The molecule has 0 amide bonds. The van der Waals surface area contributed by atoms with Crippen molar-refractivity contribution in [3.63, 3.8) is 0 Å². The van der Waals surface area contributed by atoms with Crippen LogP contribution in [0.25, 0.3) is 5.69 Å². The summed E-state index contributed by atoms with van der Waals surface area (Å²) in [6.45, 7) is 0. The molecule has 1 heterocycles. The monoisotopic (exact) mass is 463 g/mol. The molecule has 1 aromatic heterocycles. The number of halogens is 6. The van der Waals surface area contributed by atoms with Gasteiger partial charge in [-0.1, -0.05) is 69.6 Å². The molecule has 2 rings (SSSR count). The third-order valence-electron chi connectivity index (χ3n) is 2.59. The number of nitriles is 1. The van der Waals surface area contributed by atoms with Crippen molar-refractivity contribution in [2.24, 2.45) is 0 Å². The van der Waals surface area contributed by atoms with Gasteiger partial charge in [-0.25, -0.2) is 4.79 Å². The Balaban J connectivity index is 2.88. The smallest absolute Gasteiger partial charge is 0.267 e. The van der Waals surface area contributed by atoms with Gasteiger partial charge in [0.05, 0.1) is 15.7 Å². The van der Waals surface area contributed by atoms with Gasteiger partial charge in [-0.15, -0.1) is 0 Å². The first-order valence-electron chi connectivity index (χ1n) is 5.75. The first-order valence-corrected chi connectivity index (χ1v) is 8.79. The normalized spacial score (nSPS) is 11.4. The van der Waals surface area contributed by atoms with Crippen LogP contribution in [-0.4, -0.2) is 11.7 Å². The van der Waals surface area contributed by atoms with Gasteiger partial charge >= 0.3 is 5.69 Å². The number of rotatable bonds is 2. The highest BCUT2D eigenvalue weighted by Crippen LogP contribution is 2.38. The molecule has 0 atom stereocenters. The molecule has 0 saturated carbocycles. The van der Waals surface area contributed by atoms with Crippen LogP contribution in [0.5, 0.6) is 0 Å². The van der Waals surface area contributed by atoms with E-state index < -0.39 is 14.4 Å². The van der Waals surface area contributed by atoms with Crippen LogP contribution in [0.2, 0.25) is 15.1 Å². The molecule has 0 radical (unpaired) electrons. The highest BCUT2D eigenvalue weighted by atomic mass is 35.6. The van der Waals surface area contributed by atoms with Gasteiger partial charge in [-0.05, 0) is 12.1 Å². The van der Waals surface area contributed by atoms with Crippen LogP contribution in [0, 0.1) is 11.3 Å². The fraction of sp³-hybridized carbons (Fsp3) is 0.0833. The third kappa shape index (κ3) is 4.17. The zero-order valence-corrected chi connectivity index (χ0v) is 16.4. The van der Waals surface area contributed by atoms with Gasteiger partial charge in [-0.3, -0.25) is 9.36 Å². The molecule has 0 unspecified atom stereocenters. The summed E-state index contributed by atoms with van der Waals surface area (Å²) in [6.07, 6.45) is 1.00. The van der Waals surface area contributed by atoms with E-state index in [1.165, 1.54) is 12.1 Å². The molecule has 0 aliphatic rings. The first kappa shape index (κ1) is 19.8. The average Bonchev–Trinajstić information content (AvgIpc) is 2.43. The van der Waals surface area contributed by atoms with Crippen LogP contribution >= 0.6 is 81.6 Å². The number of benzene rings is 1. The van der Waals surface area contributed by atoms with E-state index in [-0.39, 0.29) is 26.3 Å². The molecule has 2 aromatic rings. The van der Waals surface area contributed by atoms with Crippen molar-refractivity contribution < 1.29 is 0 Å². The van der Waals surface area contributed by atoms with Crippen LogP contribution in [0.4, 0.5) is 0 Å². The molecule has 0 aliphatic carbocycles. The summed E-state index contributed by atoms with van der Waals surface area (Å²) in [5, 5.41) is 9.41. The third-order valence-corrected chi connectivity index (χ3v) is 4.72. The molecular weight excluding hydrogens is 463 g/mol. The van der Waals surface area contributed by atoms with Crippen LogP contribution < -0.4 is 11.2 Å². The molecule has 1 aromatic carbocycles. The highest BCUT2D eigenvalue weighted by Gasteiger charge is 2.26. The Bertz CT molecular complexity index is 950. The lowest BCUT2D eigenvalue weighted by molar-refractivity contribution is 0.858. The molecule has 5 nitrogen and oxygen atoms in total. The van der Waals surface area contributed by atoms with E-state index in [0.717, 1.165) is 10.8 Å². The standard InChI is InChI=1S/C12H3Cl6N3O2S/c13-6-1-7(14)9(8(15)2-6)20-4-5(3-19)10(22)21(11(20)23)24-12(16,17)18/h1-2,4H. The molecule has 24 heavy (non-hydrogen) atoms. The molecule has 126 valence electrons. The van der Waals surface area contributed by atoms with Crippen molar-refractivity contribution in [2.45, 2.75) is 3.12 Å². The maximum Gasteiger partial charge on any atom is 0.346 e. The van der Waals surface area contributed by atoms with Gasteiger partial charge in [0.2, 0.25) is 0 Å². The summed E-state index contributed by atoms with van der Waals surface area (Å²) >= 11 is 35.2. The van der Waals surface area contributed by atoms with Crippen molar-refractivity contribution >= 4 is 81.6 Å². The number of hydrogen-bond donors (Lipinski definition) is 0. The largest absolute Gasteiger partial charge is 0.346 e. The Hall–Kier alpha value is -0.520. The quantitative estimate of drug-likeness (QED) is 0.605. The van der Waals surface area contributed by atoms with Crippen LogP contribution in [0.15, 0.2) is 27.9 Å². The molecule has 0 fully saturated rings. The molecule has 0 spiro atoms. The van der Waals surface area contributed by atoms with Gasteiger partial charge < -0.3 is 0 Å². The molecule has 0 N–H and O–H groups in total. The van der Waals surface area contributed by atoms with E-state index in [9.17, 15) is 9.59 Å². The number of hydrogen-bond acceptors (Lipinski definition) is 4. The Morgan fingerprint density at radius 2 is 1.62 bits per heavy atom. The number of nitrogens with zero attached hydrogens (tertiary/aromatic N) is 3. The second kappa shape index (κ2) is 7.38. The Kier molecular flexibility index (Phi) is 6.09. The SMILES string of the molecule is N#Cc1cn(-c2c(Cl)cc(Cl)cc2Cl)c(=O)n(SC(Cl)(Cl)Cl)c1=O. The van der Waals surface area contributed by atoms with Crippen LogP contribution in [0.3, 0.4) is 0 Å². The zero-order chi connectivity index (χ0) is 18.2. The zero-order valence-electron chi connectivity index (χ0n) is 11.1. The van der Waals surface area contributed by atoms with E-state index in [2.05, 4.69) is 0 Å². The minimum atomic E-state index is -2.01. The second-order valence-corrected chi connectivity index (χ2v) is 9.53. The van der Waals surface area contributed by atoms with Crippen molar-refractivity contribution in [3.05, 3.63) is 59.8 Å². The summed E-state index contributed by atoms with van der Waals surface area (Å²) in [5.74, 6) is 0. The predicted molar refractivity (Wildman–Crippen MR) is 99.3 cm³/mol. The lowest BCUT2D eigenvalue weighted by Crippen LogP contribution is -2.38. The second-order valence-electron chi connectivity index (χ2n) is 4.16.